The summed E-state index contributed by atoms with van der Waals surface area (Å²) >= 11 is 3.01. The maximum absolute atomic E-state index is 12.7. The summed E-state index contributed by atoms with van der Waals surface area (Å²) in [6.07, 6.45) is 1.15. The van der Waals surface area contributed by atoms with Gasteiger partial charge in [0.25, 0.3) is 5.92 Å². The highest BCUT2D eigenvalue weighted by Gasteiger charge is 2.23. The van der Waals surface area contributed by atoms with Crippen molar-refractivity contribution in [2.75, 3.05) is 12.4 Å². The summed E-state index contributed by atoms with van der Waals surface area (Å²) in [6, 6.07) is 1.18. The number of halogens is 3. The fraction of sp³-hybridized carbons (Fsp3) is 0.500. The molecule has 1 heterocycles. The summed E-state index contributed by atoms with van der Waals surface area (Å²) in [5.41, 5.74) is 0. The lowest BCUT2D eigenvalue weighted by Crippen LogP contribution is -2.21. The molecule has 0 unspecified atom stereocenters. The fourth-order valence-electron chi connectivity index (χ4n) is 1.05. The second kappa shape index (κ2) is 5.48. The van der Waals surface area contributed by atoms with Gasteiger partial charge in [0.05, 0.1) is 10.6 Å². The number of ether oxygens (including phenoxy) is 1. The molecule has 0 aromatic carbocycles. The molecule has 18 heavy (non-hydrogen) atoms. The molecular formula is C10H12BrF2NO3S. The van der Waals surface area contributed by atoms with Crippen LogP contribution in [0.25, 0.3) is 0 Å². The molecule has 8 heteroatoms. The quantitative estimate of drug-likeness (QED) is 0.771. The molecule has 102 valence electrons. The van der Waals surface area contributed by atoms with Gasteiger partial charge < -0.3 is 4.74 Å². The molecule has 0 saturated carbocycles. The Morgan fingerprint density at radius 1 is 1.50 bits per heavy atom. The van der Waals surface area contributed by atoms with Gasteiger partial charge in [0, 0.05) is 19.2 Å². The van der Waals surface area contributed by atoms with Crippen LogP contribution in [0.2, 0.25) is 0 Å². The van der Waals surface area contributed by atoms with Crippen molar-refractivity contribution in [1.29, 1.82) is 0 Å². The Morgan fingerprint density at radius 3 is 2.61 bits per heavy atom. The van der Waals surface area contributed by atoms with Gasteiger partial charge in [-0.2, -0.15) is 0 Å². The van der Waals surface area contributed by atoms with E-state index in [9.17, 15) is 17.2 Å². The molecule has 0 spiro atoms. The van der Waals surface area contributed by atoms with Gasteiger partial charge in [0.15, 0.2) is 22.2 Å². The lowest BCUT2D eigenvalue weighted by Gasteiger charge is -2.13. The van der Waals surface area contributed by atoms with Crippen LogP contribution in [0.3, 0.4) is 0 Å². The van der Waals surface area contributed by atoms with Crippen LogP contribution in [0, 0.1) is 0 Å². The van der Waals surface area contributed by atoms with Crippen LogP contribution in [0.4, 0.5) is 8.78 Å². The number of alkyl halides is 2. The zero-order valence-electron chi connectivity index (χ0n) is 9.78. The molecule has 1 aromatic heterocycles. The van der Waals surface area contributed by atoms with Crippen molar-refractivity contribution in [3.63, 3.8) is 0 Å². The summed E-state index contributed by atoms with van der Waals surface area (Å²) in [4.78, 5) is 3.71. The van der Waals surface area contributed by atoms with Gasteiger partial charge in [0.1, 0.15) is 4.60 Å². The normalized spacial score (nSPS) is 12.5. The Balaban J connectivity index is 3.03. The summed E-state index contributed by atoms with van der Waals surface area (Å²) in [6.45, 7) is 1.35. The Morgan fingerprint density at radius 2 is 2.11 bits per heavy atom. The topological polar surface area (TPSA) is 56.3 Å². The highest BCUT2D eigenvalue weighted by molar-refractivity contribution is 9.10. The molecule has 0 atom stereocenters. The zero-order valence-corrected chi connectivity index (χ0v) is 12.2. The summed E-state index contributed by atoms with van der Waals surface area (Å²) < 4.78 is 53.6. The van der Waals surface area contributed by atoms with Gasteiger partial charge in [0.2, 0.25) is 0 Å². The standard InChI is InChI=1S/C10H12BrF2NO3S/c1-3-18(15,16)7-4-8(9(11)14-5-7)17-6-10(2,12)13/h4-5H,3,6H2,1-2H3. The second-order valence-corrected chi connectivity index (χ2v) is 6.75. The third-order valence-corrected chi connectivity index (χ3v) is 4.30. The van der Waals surface area contributed by atoms with Crippen molar-refractivity contribution in [3.05, 3.63) is 16.9 Å². The summed E-state index contributed by atoms with van der Waals surface area (Å²) in [5.74, 6) is -3.12. The molecule has 0 aliphatic rings. The number of sulfone groups is 1. The predicted octanol–water partition coefficient (Wildman–Crippen LogP) is 2.67. The van der Waals surface area contributed by atoms with Crippen LogP contribution in [0.1, 0.15) is 13.8 Å². The SMILES string of the molecule is CCS(=O)(=O)c1cnc(Br)c(OCC(C)(F)F)c1. The second-order valence-electron chi connectivity index (χ2n) is 3.72. The van der Waals surface area contributed by atoms with E-state index in [2.05, 4.69) is 20.9 Å². The maximum Gasteiger partial charge on any atom is 0.278 e. The maximum atomic E-state index is 12.7. The Bertz CT molecular complexity index is 528. The molecule has 1 rings (SSSR count). The van der Waals surface area contributed by atoms with Crippen molar-refractivity contribution < 1.29 is 21.9 Å². The van der Waals surface area contributed by atoms with Crippen LogP contribution in [-0.4, -0.2) is 31.7 Å². The van der Waals surface area contributed by atoms with E-state index in [0.29, 0.717) is 6.92 Å². The van der Waals surface area contributed by atoms with Crippen molar-refractivity contribution >= 4 is 25.8 Å². The minimum Gasteiger partial charge on any atom is -0.484 e. The lowest BCUT2D eigenvalue weighted by molar-refractivity contribution is -0.0233. The van der Waals surface area contributed by atoms with Crippen LogP contribution in [0.5, 0.6) is 5.75 Å². The summed E-state index contributed by atoms with van der Waals surface area (Å²) in [5, 5.41) is 0. The van der Waals surface area contributed by atoms with Gasteiger partial charge in [-0.3, -0.25) is 0 Å². The van der Waals surface area contributed by atoms with Crippen LogP contribution in [0.15, 0.2) is 21.8 Å². The Kier molecular flexibility index (Phi) is 4.66. The highest BCUT2D eigenvalue weighted by Crippen LogP contribution is 2.27. The van der Waals surface area contributed by atoms with E-state index in [-0.39, 0.29) is 21.0 Å². The number of pyridine rings is 1. The van der Waals surface area contributed by atoms with Gasteiger partial charge in [-0.15, -0.1) is 0 Å². The van der Waals surface area contributed by atoms with E-state index < -0.39 is 22.4 Å². The first kappa shape index (κ1) is 15.3. The molecule has 0 amide bonds. The van der Waals surface area contributed by atoms with Crippen molar-refractivity contribution in [2.45, 2.75) is 24.7 Å². The minimum atomic E-state index is -3.44. The third kappa shape index (κ3) is 4.16. The molecule has 0 saturated heterocycles. The smallest absolute Gasteiger partial charge is 0.278 e. The van der Waals surface area contributed by atoms with E-state index in [1.165, 1.54) is 13.0 Å². The van der Waals surface area contributed by atoms with E-state index in [1.54, 1.807) is 0 Å². The average Bonchev–Trinajstić information content (AvgIpc) is 2.26. The van der Waals surface area contributed by atoms with Crippen molar-refractivity contribution in [3.8, 4) is 5.75 Å². The van der Waals surface area contributed by atoms with Gasteiger partial charge in [-0.1, -0.05) is 6.92 Å². The molecule has 0 fully saturated rings. The summed E-state index contributed by atoms with van der Waals surface area (Å²) in [7, 11) is -3.44. The average molecular weight is 344 g/mol. The van der Waals surface area contributed by atoms with Gasteiger partial charge >= 0.3 is 0 Å². The molecule has 0 aliphatic carbocycles. The molecule has 0 bridgehead atoms. The van der Waals surface area contributed by atoms with E-state index in [1.807, 2.05) is 0 Å². The molecule has 0 N–H and O–H groups in total. The number of aromatic nitrogens is 1. The lowest BCUT2D eigenvalue weighted by atomic mass is 10.4. The number of nitrogens with zero attached hydrogens (tertiary/aromatic N) is 1. The van der Waals surface area contributed by atoms with Crippen LogP contribution >= 0.6 is 15.9 Å². The first-order valence-corrected chi connectivity index (χ1v) is 7.49. The zero-order chi connectivity index (χ0) is 14.0. The highest BCUT2D eigenvalue weighted by atomic mass is 79.9. The number of rotatable bonds is 5. The minimum absolute atomic E-state index is 0.0222. The number of hydrogen-bond donors (Lipinski definition) is 0. The molecule has 1 aromatic rings. The Hall–Kier alpha value is -0.760. The largest absolute Gasteiger partial charge is 0.484 e. The van der Waals surface area contributed by atoms with Crippen molar-refractivity contribution in [2.24, 2.45) is 0 Å². The van der Waals surface area contributed by atoms with Crippen molar-refractivity contribution in [1.82, 2.24) is 4.98 Å². The van der Waals surface area contributed by atoms with E-state index >= 15 is 0 Å². The van der Waals surface area contributed by atoms with Gasteiger partial charge in [-0.05, 0) is 15.9 Å². The van der Waals surface area contributed by atoms with Crippen LogP contribution < -0.4 is 4.74 Å². The fourth-order valence-corrected chi connectivity index (χ4v) is 2.22. The van der Waals surface area contributed by atoms with Crippen LogP contribution in [-0.2, 0) is 9.84 Å². The predicted molar refractivity (Wildman–Crippen MR) is 65.8 cm³/mol. The Labute approximate surface area is 112 Å². The molecule has 0 radical (unpaired) electrons. The third-order valence-electron chi connectivity index (χ3n) is 2.00. The molecular weight excluding hydrogens is 332 g/mol. The van der Waals surface area contributed by atoms with E-state index in [4.69, 9.17) is 4.74 Å². The molecule has 0 aliphatic heterocycles. The molecule has 4 nitrogen and oxygen atoms in total. The number of hydrogen-bond acceptors (Lipinski definition) is 4. The first-order chi connectivity index (χ1) is 8.15. The van der Waals surface area contributed by atoms with E-state index in [0.717, 1.165) is 6.20 Å². The first-order valence-electron chi connectivity index (χ1n) is 5.04. The van der Waals surface area contributed by atoms with Gasteiger partial charge in [-0.25, -0.2) is 22.2 Å². The monoisotopic (exact) mass is 343 g/mol.